The van der Waals surface area contributed by atoms with Crippen molar-refractivity contribution in [3.8, 4) is 22.4 Å². The van der Waals surface area contributed by atoms with Crippen molar-refractivity contribution in [1.82, 2.24) is 19.9 Å². The van der Waals surface area contributed by atoms with Gasteiger partial charge in [-0.3, -0.25) is 0 Å². The smallest absolute Gasteiger partial charge is 0.191 e. The quantitative estimate of drug-likeness (QED) is 0.381. The molecular formula is C21H20N4OS2. The van der Waals surface area contributed by atoms with Gasteiger partial charge in [-0.05, 0) is 42.5 Å². The Morgan fingerprint density at radius 2 is 1.89 bits per heavy atom. The van der Waals surface area contributed by atoms with Gasteiger partial charge >= 0.3 is 0 Å². The van der Waals surface area contributed by atoms with Crippen LogP contribution in [-0.2, 0) is 7.05 Å². The lowest BCUT2D eigenvalue weighted by molar-refractivity contribution is 0.422. The number of rotatable bonds is 6. The highest BCUT2D eigenvalue weighted by Gasteiger charge is 2.16. The molecule has 1 atom stereocenters. The molecule has 4 rings (SSSR count). The number of aryl methyl sites for hydroxylation is 1. The van der Waals surface area contributed by atoms with E-state index >= 15 is 0 Å². The first-order valence-electron chi connectivity index (χ1n) is 8.85. The van der Waals surface area contributed by atoms with Crippen LogP contribution < -0.4 is 0 Å². The fourth-order valence-corrected chi connectivity index (χ4v) is 4.28. The molecule has 0 aliphatic rings. The molecule has 7 heteroatoms. The molecule has 0 amide bonds. The lowest BCUT2D eigenvalue weighted by Gasteiger charge is -2.12. The first-order valence-corrected chi connectivity index (χ1v) is 11.0. The maximum absolute atomic E-state index is 5.33. The Hall–Kier alpha value is -2.51. The molecule has 0 aliphatic carbocycles. The van der Waals surface area contributed by atoms with Crippen LogP contribution in [0.5, 0.6) is 0 Å². The molecule has 0 N–H and O–H groups in total. The zero-order valence-corrected chi connectivity index (χ0v) is 17.5. The van der Waals surface area contributed by atoms with Gasteiger partial charge < -0.3 is 9.09 Å². The molecule has 0 unspecified atom stereocenters. The second kappa shape index (κ2) is 8.24. The van der Waals surface area contributed by atoms with Gasteiger partial charge in [0.25, 0.3) is 0 Å². The van der Waals surface area contributed by atoms with Crippen molar-refractivity contribution in [3.05, 3.63) is 66.7 Å². The Kier molecular flexibility index (Phi) is 5.54. The molecule has 2 aromatic carbocycles. The molecule has 142 valence electrons. The molecular weight excluding hydrogens is 388 g/mol. The monoisotopic (exact) mass is 408 g/mol. The van der Waals surface area contributed by atoms with Gasteiger partial charge in [0.05, 0.1) is 0 Å². The van der Waals surface area contributed by atoms with E-state index in [0.717, 1.165) is 27.5 Å². The van der Waals surface area contributed by atoms with Crippen LogP contribution in [0, 0.1) is 0 Å². The summed E-state index contributed by atoms with van der Waals surface area (Å²) in [6.45, 7) is 2.17. The number of aromatic nitrogens is 4. The van der Waals surface area contributed by atoms with E-state index in [0.29, 0.717) is 0 Å². The van der Waals surface area contributed by atoms with E-state index in [1.54, 1.807) is 36.1 Å². The van der Waals surface area contributed by atoms with Crippen LogP contribution in [0.2, 0.25) is 0 Å². The molecule has 0 aliphatic heterocycles. The van der Waals surface area contributed by atoms with Crippen LogP contribution in [-0.4, -0.2) is 26.2 Å². The van der Waals surface area contributed by atoms with Gasteiger partial charge in [0.2, 0.25) is 0 Å². The molecule has 0 bridgehead atoms. The van der Waals surface area contributed by atoms with Crippen molar-refractivity contribution in [3.63, 3.8) is 0 Å². The third kappa shape index (κ3) is 3.86. The Labute approximate surface area is 172 Å². The predicted octanol–water partition coefficient (Wildman–Crippen LogP) is 5.71. The molecule has 0 saturated heterocycles. The summed E-state index contributed by atoms with van der Waals surface area (Å²) in [5.41, 5.74) is 5.21. The summed E-state index contributed by atoms with van der Waals surface area (Å²) in [7, 11) is 1.96. The van der Waals surface area contributed by atoms with E-state index in [-0.39, 0.29) is 5.25 Å². The Morgan fingerprint density at radius 3 is 2.61 bits per heavy atom. The van der Waals surface area contributed by atoms with Crippen molar-refractivity contribution < 1.29 is 4.52 Å². The third-order valence-corrected chi connectivity index (χ3v) is 6.50. The van der Waals surface area contributed by atoms with Crippen LogP contribution >= 0.6 is 23.5 Å². The Morgan fingerprint density at radius 1 is 1.07 bits per heavy atom. The van der Waals surface area contributed by atoms with E-state index in [1.807, 2.05) is 11.6 Å². The SMILES string of the molecule is CSc1ccc(-c2nocc2-c2cccc([C@H](C)Sc3nncn3C)c2)cc1. The van der Waals surface area contributed by atoms with Crippen LogP contribution in [0.25, 0.3) is 22.4 Å². The molecule has 5 nitrogen and oxygen atoms in total. The van der Waals surface area contributed by atoms with E-state index in [1.165, 1.54) is 10.5 Å². The van der Waals surface area contributed by atoms with Gasteiger partial charge in [0.1, 0.15) is 18.3 Å². The summed E-state index contributed by atoms with van der Waals surface area (Å²) in [5, 5.41) is 13.5. The largest absolute Gasteiger partial charge is 0.363 e. The molecule has 28 heavy (non-hydrogen) atoms. The highest BCUT2D eigenvalue weighted by molar-refractivity contribution is 7.99. The summed E-state index contributed by atoms with van der Waals surface area (Å²) in [6, 6.07) is 16.9. The Bertz CT molecular complexity index is 1070. The summed E-state index contributed by atoms with van der Waals surface area (Å²) in [5.74, 6) is 0. The fraction of sp³-hybridized carbons (Fsp3) is 0.190. The number of thioether (sulfide) groups is 2. The van der Waals surface area contributed by atoms with Crippen molar-refractivity contribution >= 4 is 23.5 Å². The highest BCUT2D eigenvalue weighted by Crippen LogP contribution is 2.37. The lowest BCUT2D eigenvalue weighted by atomic mass is 9.99. The van der Waals surface area contributed by atoms with Crippen molar-refractivity contribution in [2.75, 3.05) is 6.26 Å². The van der Waals surface area contributed by atoms with E-state index in [9.17, 15) is 0 Å². The normalized spacial score (nSPS) is 12.2. The van der Waals surface area contributed by atoms with Gasteiger partial charge in [-0.1, -0.05) is 47.3 Å². The van der Waals surface area contributed by atoms with Gasteiger partial charge in [-0.15, -0.1) is 22.0 Å². The molecule has 0 fully saturated rings. The standard InChI is InChI=1S/C21H20N4OS2/c1-14(28-21-23-22-13-25(21)2)16-5-4-6-17(11-16)19-12-26-24-20(19)15-7-9-18(27-3)10-8-15/h4-14H,1-3H3/t14-/m0/s1. The summed E-state index contributed by atoms with van der Waals surface area (Å²) < 4.78 is 7.26. The number of hydrogen-bond acceptors (Lipinski definition) is 6. The van der Waals surface area contributed by atoms with Gasteiger partial charge in [-0.2, -0.15) is 0 Å². The van der Waals surface area contributed by atoms with Crippen molar-refractivity contribution in [2.45, 2.75) is 22.2 Å². The van der Waals surface area contributed by atoms with Crippen LogP contribution in [0.4, 0.5) is 0 Å². The predicted molar refractivity (Wildman–Crippen MR) is 114 cm³/mol. The topological polar surface area (TPSA) is 56.7 Å². The van der Waals surface area contributed by atoms with Gasteiger partial charge in [-0.25, -0.2) is 0 Å². The summed E-state index contributed by atoms with van der Waals surface area (Å²) in [4.78, 5) is 1.23. The van der Waals surface area contributed by atoms with Gasteiger partial charge in [0.15, 0.2) is 5.16 Å². The average molecular weight is 409 g/mol. The number of hydrogen-bond donors (Lipinski definition) is 0. The van der Waals surface area contributed by atoms with Crippen LogP contribution in [0.15, 0.2) is 75.7 Å². The second-order valence-electron chi connectivity index (χ2n) is 6.42. The molecule has 0 spiro atoms. The van der Waals surface area contributed by atoms with Crippen molar-refractivity contribution in [1.29, 1.82) is 0 Å². The minimum Gasteiger partial charge on any atom is -0.363 e. The minimum atomic E-state index is 0.243. The first-order chi connectivity index (χ1) is 13.7. The molecule has 2 heterocycles. The zero-order valence-electron chi connectivity index (χ0n) is 15.9. The minimum absolute atomic E-state index is 0.243. The van der Waals surface area contributed by atoms with Crippen LogP contribution in [0.1, 0.15) is 17.7 Å². The maximum atomic E-state index is 5.33. The summed E-state index contributed by atoms with van der Waals surface area (Å²) >= 11 is 3.41. The lowest BCUT2D eigenvalue weighted by Crippen LogP contribution is -1.94. The Balaban J connectivity index is 1.63. The number of benzene rings is 2. The molecule has 2 aromatic heterocycles. The molecule has 4 aromatic rings. The first kappa shape index (κ1) is 18.8. The fourth-order valence-electron chi connectivity index (χ4n) is 2.96. The van der Waals surface area contributed by atoms with Crippen molar-refractivity contribution in [2.24, 2.45) is 7.05 Å². The van der Waals surface area contributed by atoms with E-state index in [2.05, 4.69) is 77.1 Å². The van der Waals surface area contributed by atoms with E-state index < -0.39 is 0 Å². The zero-order chi connectivity index (χ0) is 19.5. The average Bonchev–Trinajstić information content (AvgIpc) is 3.38. The van der Waals surface area contributed by atoms with Crippen LogP contribution in [0.3, 0.4) is 0 Å². The van der Waals surface area contributed by atoms with E-state index in [4.69, 9.17) is 4.52 Å². The second-order valence-corrected chi connectivity index (χ2v) is 8.60. The number of nitrogens with zero attached hydrogens (tertiary/aromatic N) is 4. The highest BCUT2D eigenvalue weighted by atomic mass is 32.2. The third-order valence-electron chi connectivity index (χ3n) is 4.55. The molecule has 0 saturated carbocycles. The van der Waals surface area contributed by atoms with Gasteiger partial charge in [0, 0.05) is 28.3 Å². The maximum Gasteiger partial charge on any atom is 0.191 e. The summed E-state index contributed by atoms with van der Waals surface area (Å²) in [6.07, 6.45) is 5.51. The molecule has 0 radical (unpaired) electrons.